The van der Waals surface area contributed by atoms with Gasteiger partial charge in [-0.05, 0) is 12.5 Å². The highest BCUT2D eigenvalue weighted by Gasteiger charge is 2.55. The molecule has 4 heteroatoms. The van der Waals surface area contributed by atoms with E-state index in [1.54, 1.807) is 6.92 Å². The first-order chi connectivity index (χ1) is 7.47. The Morgan fingerprint density at radius 3 is 2.31 bits per heavy atom. The van der Waals surface area contributed by atoms with Crippen LogP contribution in [0, 0.1) is 6.92 Å². The molecule has 1 aliphatic rings. The molecule has 3 nitrogen and oxygen atoms in total. The maximum Gasteiger partial charge on any atom is 0.155 e. The van der Waals surface area contributed by atoms with E-state index in [-0.39, 0.29) is 23.0 Å². The molecule has 1 aromatic rings. The second-order valence-corrected chi connectivity index (χ2v) is 6.88. The highest BCUT2D eigenvalue weighted by atomic mass is 32.2. The van der Waals surface area contributed by atoms with Crippen LogP contribution >= 0.6 is 0 Å². The molecule has 3 unspecified atom stereocenters. The highest BCUT2D eigenvalue weighted by molar-refractivity contribution is 7.92. The minimum atomic E-state index is -3.01. The van der Waals surface area contributed by atoms with Crippen LogP contribution in [-0.2, 0) is 9.84 Å². The number of hydrogen-bond donors (Lipinski definition) is 1. The molecule has 1 aliphatic carbocycles. The zero-order chi connectivity index (χ0) is 11.9. The Hall–Kier alpha value is -0.870. The molecule has 0 aromatic heterocycles. The summed E-state index contributed by atoms with van der Waals surface area (Å²) in [4.78, 5) is 0. The summed E-state index contributed by atoms with van der Waals surface area (Å²) < 4.78 is 23.5. The third-order valence-corrected chi connectivity index (χ3v) is 5.53. The topological polar surface area (TPSA) is 60.2 Å². The summed E-state index contributed by atoms with van der Waals surface area (Å²) in [7, 11) is -3.01. The molecule has 0 amide bonds. The van der Waals surface area contributed by atoms with E-state index >= 15 is 0 Å². The summed E-state index contributed by atoms with van der Waals surface area (Å²) >= 11 is 0. The van der Waals surface area contributed by atoms with Crippen molar-refractivity contribution in [1.29, 1.82) is 0 Å². The molecule has 16 heavy (non-hydrogen) atoms. The molecule has 3 atom stereocenters. The zero-order valence-corrected chi connectivity index (χ0v) is 10.4. The molecule has 0 bridgehead atoms. The molecule has 0 saturated heterocycles. The van der Waals surface area contributed by atoms with Gasteiger partial charge in [-0.15, -0.1) is 0 Å². The second kappa shape index (κ2) is 3.86. The molecular formula is C12H17NO2S. The number of aryl methyl sites for hydroxylation is 1. The van der Waals surface area contributed by atoms with Crippen molar-refractivity contribution < 1.29 is 8.42 Å². The van der Waals surface area contributed by atoms with Gasteiger partial charge in [0.05, 0.1) is 5.25 Å². The van der Waals surface area contributed by atoms with Crippen LogP contribution in [0.1, 0.15) is 24.0 Å². The van der Waals surface area contributed by atoms with Crippen molar-refractivity contribution in [2.75, 3.05) is 5.75 Å². The lowest BCUT2D eigenvalue weighted by atomic mass is 10.1. The van der Waals surface area contributed by atoms with E-state index in [0.29, 0.717) is 0 Å². The van der Waals surface area contributed by atoms with Gasteiger partial charge in [-0.2, -0.15) is 0 Å². The van der Waals surface area contributed by atoms with Crippen molar-refractivity contribution in [3.63, 3.8) is 0 Å². The Morgan fingerprint density at radius 2 is 1.81 bits per heavy atom. The minimum Gasteiger partial charge on any atom is -0.326 e. The van der Waals surface area contributed by atoms with Gasteiger partial charge in [0, 0.05) is 17.7 Å². The van der Waals surface area contributed by atoms with E-state index in [1.165, 1.54) is 5.56 Å². The first-order valence-electron chi connectivity index (χ1n) is 5.51. The number of rotatable bonds is 3. The fraction of sp³-hybridized carbons (Fsp3) is 0.500. The smallest absolute Gasteiger partial charge is 0.155 e. The van der Waals surface area contributed by atoms with Crippen LogP contribution in [0.5, 0.6) is 0 Å². The molecule has 0 aliphatic heterocycles. The molecule has 88 valence electrons. The summed E-state index contributed by atoms with van der Waals surface area (Å²) in [5.41, 5.74) is 8.08. The molecule has 2 N–H and O–H groups in total. The average Bonchev–Trinajstić information content (AvgIpc) is 2.92. The Balaban J connectivity index is 2.24. The summed E-state index contributed by atoms with van der Waals surface area (Å²) in [6, 6.07) is 7.72. The van der Waals surface area contributed by atoms with Gasteiger partial charge in [0.15, 0.2) is 9.84 Å². The van der Waals surface area contributed by atoms with E-state index in [2.05, 4.69) is 0 Å². The van der Waals surface area contributed by atoms with Crippen molar-refractivity contribution in [3.05, 3.63) is 35.4 Å². The molecule has 1 aromatic carbocycles. The number of sulfone groups is 1. The van der Waals surface area contributed by atoms with Crippen molar-refractivity contribution in [2.24, 2.45) is 5.73 Å². The minimum absolute atomic E-state index is 0.00875. The van der Waals surface area contributed by atoms with Crippen LogP contribution in [-0.4, -0.2) is 25.5 Å². The Bertz CT molecular complexity index is 478. The Morgan fingerprint density at radius 1 is 1.25 bits per heavy atom. The van der Waals surface area contributed by atoms with Gasteiger partial charge in [-0.25, -0.2) is 8.42 Å². The molecule has 1 fully saturated rings. The first-order valence-corrected chi connectivity index (χ1v) is 7.22. The van der Waals surface area contributed by atoms with Gasteiger partial charge >= 0.3 is 0 Å². The molecule has 1 saturated carbocycles. The van der Waals surface area contributed by atoms with Crippen LogP contribution < -0.4 is 5.73 Å². The summed E-state index contributed by atoms with van der Waals surface area (Å²) in [5, 5.41) is -0.375. The van der Waals surface area contributed by atoms with Crippen molar-refractivity contribution in [1.82, 2.24) is 0 Å². The predicted molar refractivity (Wildman–Crippen MR) is 65.1 cm³/mol. The normalized spacial score (nSPS) is 29.1. The van der Waals surface area contributed by atoms with Gasteiger partial charge in [0.2, 0.25) is 0 Å². The maximum atomic E-state index is 11.7. The van der Waals surface area contributed by atoms with E-state index < -0.39 is 9.84 Å². The van der Waals surface area contributed by atoms with Crippen LogP contribution in [0.3, 0.4) is 0 Å². The van der Waals surface area contributed by atoms with Crippen molar-refractivity contribution in [2.45, 2.75) is 31.1 Å². The maximum absolute atomic E-state index is 11.7. The number of nitrogens with two attached hydrogens (primary N) is 1. The lowest BCUT2D eigenvalue weighted by molar-refractivity contribution is 0.594. The van der Waals surface area contributed by atoms with Crippen LogP contribution in [0.15, 0.2) is 24.3 Å². The molecule has 2 rings (SSSR count). The summed E-state index contributed by atoms with van der Waals surface area (Å²) in [5.74, 6) is 0.166. The van der Waals surface area contributed by atoms with Gasteiger partial charge < -0.3 is 5.73 Å². The van der Waals surface area contributed by atoms with Crippen molar-refractivity contribution >= 4 is 9.84 Å². The van der Waals surface area contributed by atoms with E-state index in [4.69, 9.17) is 5.73 Å². The van der Waals surface area contributed by atoms with Gasteiger partial charge in [-0.1, -0.05) is 36.8 Å². The van der Waals surface area contributed by atoms with E-state index in [0.717, 1.165) is 5.56 Å². The standard InChI is InChI=1S/C12H17NO2S/c1-3-16(14,15)12-10(11(12)13)9-6-4-8(2)5-7-9/h4-7,10-12H,3,13H2,1-2H3. The van der Waals surface area contributed by atoms with Gasteiger partial charge in [-0.3, -0.25) is 0 Å². The van der Waals surface area contributed by atoms with Crippen LogP contribution in [0.25, 0.3) is 0 Å². The third kappa shape index (κ3) is 1.87. The fourth-order valence-electron chi connectivity index (χ4n) is 2.16. The number of hydrogen-bond acceptors (Lipinski definition) is 3. The summed E-state index contributed by atoms with van der Waals surface area (Å²) in [6.07, 6.45) is 0. The quantitative estimate of drug-likeness (QED) is 0.863. The Kier molecular flexibility index (Phi) is 2.80. The Labute approximate surface area is 96.6 Å². The first kappa shape index (κ1) is 11.6. The molecular weight excluding hydrogens is 222 g/mol. The lowest BCUT2D eigenvalue weighted by Gasteiger charge is -2.01. The van der Waals surface area contributed by atoms with Gasteiger partial charge in [0.25, 0.3) is 0 Å². The predicted octanol–water partition coefficient (Wildman–Crippen LogP) is 1.22. The molecule has 0 heterocycles. The van der Waals surface area contributed by atoms with Gasteiger partial charge in [0.1, 0.15) is 0 Å². The SMILES string of the molecule is CCS(=O)(=O)C1C(N)C1c1ccc(C)cc1. The highest BCUT2D eigenvalue weighted by Crippen LogP contribution is 2.45. The van der Waals surface area contributed by atoms with E-state index in [1.807, 2.05) is 31.2 Å². The fourth-order valence-corrected chi connectivity index (χ4v) is 3.89. The van der Waals surface area contributed by atoms with Crippen LogP contribution in [0.2, 0.25) is 0 Å². The zero-order valence-electron chi connectivity index (χ0n) is 9.55. The second-order valence-electron chi connectivity index (χ2n) is 4.43. The molecule has 0 radical (unpaired) electrons. The third-order valence-electron chi connectivity index (χ3n) is 3.29. The largest absolute Gasteiger partial charge is 0.326 e. The molecule has 0 spiro atoms. The lowest BCUT2D eigenvalue weighted by Crippen LogP contribution is -2.17. The average molecular weight is 239 g/mol. The van der Waals surface area contributed by atoms with E-state index in [9.17, 15) is 8.42 Å². The monoisotopic (exact) mass is 239 g/mol. The summed E-state index contributed by atoms with van der Waals surface area (Å²) in [6.45, 7) is 3.68. The van der Waals surface area contributed by atoms with Crippen LogP contribution in [0.4, 0.5) is 0 Å². The van der Waals surface area contributed by atoms with Crippen molar-refractivity contribution in [3.8, 4) is 0 Å². The number of benzene rings is 1.